The molecule has 4 N–H and O–H groups in total. The summed E-state index contributed by atoms with van der Waals surface area (Å²) >= 11 is 0. The van der Waals surface area contributed by atoms with Gasteiger partial charge in [-0.3, -0.25) is 9.59 Å². The number of benzene rings is 1. The first-order valence-electron chi connectivity index (χ1n) is 5.86. The molecule has 0 radical (unpaired) electrons. The van der Waals surface area contributed by atoms with Gasteiger partial charge in [0.25, 0.3) is 0 Å². The SMILES string of the molecule is COC(=O)C(N)Cc1ccc(OCCC(N)=O)cc1. The molecule has 1 amide bonds. The highest BCUT2D eigenvalue weighted by Gasteiger charge is 2.13. The molecule has 0 aliphatic heterocycles. The molecule has 0 saturated heterocycles. The smallest absolute Gasteiger partial charge is 0.322 e. The molecule has 0 aliphatic rings. The van der Waals surface area contributed by atoms with E-state index in [1.54, 1.807) is 12.1 Å². The average molecular weight is 266 g/mol. The fraction of sp³-hybridized carbons (Fsp3) is 0.385. The van der Waals surface area contributed by atoms with Gasteiger partial charge < -0.3 is 20.9 Å². The summed E-state index contributed by atoms with van der Waals surface area (Å²) in [6, 6.07) is 6.44. The van der Waals surface area contributed by atoms with Crippen LogP contribution in [0.3, 0.4) is 0 Å². The van der Waals surface area contributed by atoms with Crippen molar-refractivity contribution in [1.82, 2.24) is 0 Å². The van der Waals surface area contributed by atoms with Crippen LogP contribution in [0.25, 0.3) is 0 Å². The molecule has 19 heavy (non-hydrogen) atoms. The van der Waals surface area contributed by atoms with Crippen LogP contribution in [0.5, 0.6) is 5.75 Å². The fourth-order valence-electron chi connectivity index (χ4n) is 1.48. The van der Waals surface area contributed by atoms with E-state index in [9.17, 15) is 9.59 Å². The average Bonchev–Trinajstić information content (AvgIpc) is 2.39. The van der Waals surface area contributed by atoms with Crippen molar-refractivity contribution in [2.24, 2.45) is 11.5 Å². The second-order valence-electron chi connectivity index (χ2n) is 4.04. The van der Waals surface area contributed by atoms with E-state index in [1.165, 1.54) is 7.11 Å². The summed E-state index contributed by atoms with van der Waals surface area (Å²) in [6.07, 6.45) is 0.573. The van der Waals surface area contributed by atoms with Crippen molar-refractivity contribution in [3.63, 3.8) is 0 Å². The zero-order chi connectivity index (χ0) is 14.3. The van der Waals surface area contributed by atoms with Gasteiger partial charge in [-0.1, -0.05) is 12.1 Å². The van der Waals surface area contributed by atoms with Crippen molar-refractivity contribution in [2.75, 3.05) is 13.7 Å². The number of ether oxygens (including phenoxy) is 2. The number of nitrogens with two attached hydrogens (primary N) is 2. The predicted molar refractivity (Wildman–Crippen MR) is 69.4 cm³/mol. The Balaban J connectivity index is 2.47. The molecule has 0 bridgehead atoms. The third-order valence-corrected chi connectivity index (χ3v) is 2.50. The van der Waals surface area contributed by atoms with E-state index in [0.29, 0.717) is 12.2 Å². The minimum Gasteiger partial charge on any atom is -0.493 e. The first kappa shape index (κ1) is 15.0. The second-order valence-corrected chi connectivity index (χ2v) is 4.04. The Labute approximate surface area is 111 Å². The molecule has 1 rings (SSSR count). The molecule has 0 heterocycles. The summed E-state index contributed by atoms with van der Waals surface area (Å²) in [7, 11) is 1.30. The maximum absolute atomic E-state index is 11.2. The minimum absolute atomic E-state index is 0.176. The number of amides is 1. The van der Waals surface area contributed by atoms with Crippen molar-refractivity contribution >= 4 is 11.9 Å². The number of rotatable bonds is 7. The van der Waals surface area contributed by atoms with E-state index in [-0.39, 0.29) is 13.0 Å². The maximum atomic E-state index is 11.2. The number of esters is 1. The molecule has 0 aliphatic carbocycles. The van der Waals surface area contributed by atoms with Crippen molar-refractivity contribution in [1.29, 1.82) is 0 Å². The molecule has 6 nitrogen and oxygen atoms in total. The van der Waals surface area contributed by atoms with E-state index in [1.807, 2.05) is 12.1 Å². The lowest BCUT2D eigenvalue weighted by Crippen LogP contribution is -2.33. The number of primary amides is 1. The summed E-state index contributed by atoms with van der Waals surface area (Å²) < 4.78 is 9.87. The molecule has 0 spiro atoms. The summed E-state index contributed by atoms with van der Waals surface area (Å²) in [5, 5.41) is 0. The van der Waals surface area contributed by atoms with Gasteiger partial charge in [0.15, 0.2) is 0 Å². The van der Waals surface area contributed by atoms with Gasteiger partial charge in [-0.15, -0.1) is 0 Å². The van der Waals surface area contributed by atoms with Gasteiger partial charge in [0.1, 0.15) is 11.8 Å². The van der Waals surface area contributed by atoms with Crippen LogP contribution < -0.4 is 16.2 Å². The molecule has 0 aromatic heterocycles. The first-order valence-corrected chi connectivity index (χ1v) is 5.86. The lowest BCUT2D eigenvalue weighted by atomic mass is 10.1. The van der Waals surface area contributed by atoms with Crippen LogP contribution in [-0.2, 0) is 20.7 Å². The largest absolute Gasteiger partial charge is 0.493 e. The standard InChI is InChI=1S/C13H18N2O4/c1-18-13(17)11(14)8-9-2-4-10(5-3-9)19-7-6-12(15)16/h2-5,11H,6-8,14H2,1H3,(H2,15,16). The molecule has 1 atom stereocenters. The Kier molecular flexibility index (Phi) is 5.81. The van der Waals surface area contributed by atoms with Gasteiger partial charge in [0, 0.05) is 0 Å². The predicted octanol–water partition coefficient (Wildman–Crippen LogP) is -0.0164. The number of carbonyl (C=O) groups is 2. The number of methoxy groups -OCH3 is 1. The topological polar surface area (TPSA) is 105 Å². The van der Waals surface area contributed by atoms with Gasteiger partial charge >= 0.3 is 5.97 Å². The van der Waals surface area contributed by atoms with Crippen molar-refractivity contribution in [2.45, 2.75) is 18.9 Å². The van der Waals surface area contributed by atoms with E-state index in [2.05, 4.69) is 4.74 Å². The Bertz CT molecular complexity index is 431. The molecule has 1 unspecified atom stereocenters. The van der Waals surface area contributed by atoms with E-state index in [4.69, 9.17) is 16.2 Å². The number of carbonyl (C=O) groups excluding carboxylic acids is 2. The van der Waals surface area contributed by atoms with Crippen LogP contribution in [0, 0.1) is 0 Å². The highest BCUT2D eigenvalue weighted by Crippen LogP contribution is 2.13. The zero-order valence-electron chi connectivity index (χ0n) is 10.8. The van der Waals surface area contributed by atoms with E-state index < -0.39 is 17.9 Å². The molecular weight excluding hydrogens is 248 g/mol. The van der Waals surface area contributed by atoms with Gasteiger partial charge in [-0.2, -0.15) is 0 Å². The van der Waals surface area contributed by atoms with Crippen LogP contribution in [0.15, 0.2) is 24.3 Å². The summed E-state index contributed by atoms with van der Waals surface area (Å²) in [4.78, 5) is 21.7. The van der Waals surface area contributed by atoms with Gasteiger partial charge in [0.05, 0.1) is 20.1 Å². The fourth-order valence-corrected chi connectivity index (χ4v) is 1.48. The van der Waals surface area contributed by atoms with Crippen LogP contribution in [0.2, 0.25) is 0 Å². The van der Waals surface area contributed by atoms with Gasteiger partial charge in [-0.25, -0.2) is 0 Å². The normalized spacial score (nSPS) is 11.7. The van der Waals surface area contributed by atoms with Crippen molar-refractivity contribution in [3.8, 4) is 5.75 Å². The zero-order valence-corrected chi connectivity index (χ0v) is 10.8. The molecule has 1 aromatic carbocycles. The van der Waals surface area contributed by atoms with E-state index in [0.717, 1.165) is 5.56 Å². The summed E-state index contributed by atoms with van der Waals surface area (Å²) in [5.41, 5.74) is 11.6. The molecule has 0 saturated carbocycles. The number of hydrogen-bond donors (Lipinski definition) is 2. The molecule has 1 aromatic rings. The second kappa shape index (κ2) is 7.38. The quantitative estimate of drug-likeness (QED) is 0.675. The Morgan fingerprint density at radius 2 is 1.89 bits per heavy atom. The Morgan fingerprint density at radius 3 is 2.42 bits per heavy atom. The molecule has 0 fully saturated rings. The van der Waals surface area contributed by atoms with E-state index >= 15 is 0 Å². The van der Waals surface area contributed by atoms with Crippen molar-refractivity contribution < 1.29 is 19.1 Å². The Hall–Kier alpha value is -2.08. The lowest BCUT2D eigenvalue weighted by molar-refractivity contribution is -0.142. The lowest BCUT2D eigenvalue weighted by Gasteiger charge is -2.10. The first-order chi connectivity index (χ1) is 9.02. The highest BCUT2D eigenvalue weighted by molar-refractivity contribution is 5.75. The van der Waals surface area contributed by atoms with Crippen LogP contribution in [0.4, 0.5) is 0 Å². The van der Waals surface area contributed by atoms with Crippen LogP contribution in [-0.4, -0.2) is 31.6 Å². The minimum atomic E-state index is -0.674. The molecule has 104 valence electrons. The van der Waals surface area contributed by atoms with Crippen LogP contribution in [0.1, 0.15) is 12.0 Å². The monoisotopic (exact) mass is 266 g/mol. The third-order valence-electron chi connectivity index (χ3n) is 2.50. The molecular formula is C13H18N2O4. The van der Waals surface area contributed by atoms with Crippen LogP contribution >= 0.6 is 0 Å². The summed E-state index contributed by atoms with van der Waals surface area (Å²) in [5.74, 6) is -0.209. The third kappa shape index (κ3) is 5.39. The number of hydrogen-bond acceptors (Lipinski definition) is 5. The van der Waals surface area contributed by atoms with Crippen molar-refractivity contribution in [3.05, 3.63) is 29.8 Å². The summed E-state index contributed by atoms with van der Waals surface area (Å²) in [6.45, 7) is 0.246. The highest BCUT2D eigenvalue weighted by atomic mass is 16.5. The maximum Gasteiger partial charge on any atom is 0.322 e. The van der Waals surface area contributed by atoms with Gasteiger partial charge in [-0.05, 0) is 24.1 Å². The Morgan fingerprint density at radius 1 is 1.26 bits per heavy atom. The van der Waals surface area contributed by atoms with Gasteiger partial charge in [0.2, 0.25) is 5.91 Å². The molecule has 6 heteroatoms.